The van der Waals surface area contributed by atoms with Gasteiger partial charge in [-0.2, -0.15) is 0 Å². The lowest BCUT2D eigenvalue weighted by Crippen LogP contribution is -2.17. The Bertz CT molecular complexity index is 771. The summed E-state index contributed by atoms with van der Waals surface area (Å²) in [6, 6.07) is 12.1. The van der Waals surface area contributed by atoms with Gasteiger partial charge in [0, 0.05) is 29.6 Å². The fraction of sp³-hybridized carbons (Fsp3) is 0.250. The Morgan fingerprint density at radius 1 is 1.11 bits per heavy atom. The number of alkyl halides is 3. The first-order valence-electron chi connectivity index (χ1n) is 8.43. The van der Waals surface area contributed by atoms with Gasteiger partial charge < -0.3 is 14.8 Å². The number of carbonyl (C=O) groups is 1. The number of halogens is 3. The number of unbranched alkanes of at least 4 members (excludes halogenated alkanes) is 1. The topological polar surface area (TPSA) is 47.6 Å². The minimum absolute atomic E-state index is 0.245. The summed E-state index contributed by atoms with van der Waals surface area (Å²) in [5.41, 5.74) is 0.838. The molecule has 144 valence electrons. The van der Waals surface area contributed by atoms with Crippen LogP contribution in [-0.2, 0) is 0 Å². The maximum atomic E-state index is 12.2. The highest BCUT2D eigenvalue weighted by atomic mass is 19.4. The summed E-state index contributed by atoms with van der Waals surface area (Å²) in [7, 11) is 0. The van der Waals surface area contributed by atoms with Crippen molar-refractivity contribution >= 4 is 11.5 Å². The van der Waals surface area contributed by atoms with Crippen LogP contribution in [0.1, 0.15) is 30.1 Å². The van der Waals surface area contributed by atoms with Crippen LogP contribution in [0, 0.1) is 0 Å². The van der Waals surface area contributed by atoms with E-state index in [9.17, 15) is 18.0 Å². The summed E-state index contributed by atoms with van der Waals surface area (Å²) < 4.78 is 46.0. The van der Waals surface area contributed by atoms with Crippen molar-refractivity contribution in [2.45, 2.75) is 26.1 Å². The summed E-state index contributed by atoms with van der Waals surface area (Å²) in [6.07, 6.45) is -0.0916. The van der Waals surface area contributed by atoms with E-state index in [2.05, 4.69) is 17.0 Å². The molecule has 0 spiro atoms. The van der Waals surface area contributed by atoms with Crippen molar-refractivity contribution in [3.8, 4) is 11.5 Å². The first-order chi connectivity index (χ1) is 12.9. The number of carbonyl (C=O) groups excluding carboxylic acids is 1. The van der Waals surface area contributed by atoms with E-state index in [4.69, 9.17) is 4.74 Å². The second kappa shape index (κ2) is 9.66. The lowest BCUT2D eigenvalue weighted by Gasteiger charge is -2.09. The Kier molecular flexibility index (Phi) is 7.28. The van der Waals surface area contributed by atoms with Gasteiger partial charge in [-0.05, 0) is 42.8 Å². The smallest absolute Gasteiger partial charge is 0.494 e. The van der Waals surface area contributed by atoms with Crippen LogP contribution in [0.5, 0.6) is 11.5 Å². The summed E-state index contributed by atoms with van der Waals surface area (Å²) in [5, 5.41) is 2.74. The van der Waals surface area contributed by atoms with Crippen LogP contribution in [0.15, 0.2) is 60.8 Å². The zero-order chi connectivity index (χ0) is 19.7. The highest BCUT2D eigenvalue weighted by molar-refractivity contribution is 6.04. The summed E-state index contributed by atoms with van der Waals surface area (Å²) in [5.74, 6) is 0.111. The maximum Gasteiger partial charge on any atom is 0.573 e. The Labute approximate surface area is 155 Å². The number of allylic oxidation sites excluding steroid dienone is 1. The zero-order valence-corrected chi connectivity index (χ0v) is 14.8. The number of hydrogen-bond donors (Lipinski definition) is 1. The van der Waals surface area contributed by atoms with Crippen molar-refractivity contribution in [2.75, 3.05) is 11.9 Å². The molecule has 0 aliphatic rings. The summed E-state index contributed by atoms with van der Waals surface area (Å²) >= 11 is 0. The predicted octanol–water partition coefficient (Wildman–Crippen LogP) is 5.57. The monoisotopic (exact) mass is 379 g/mol. The number of benzene rings is 2. The van der Waals surface area contributed by atoms with Gasteiger partial charge in [0.2, 0.25) is 0 Å². The largest absolute Gasteiger partial charge is 0.573 e. The minimum atomic E-state index is -4.75. The van der Waals surface area contributed by atoms with Crippen LogP contribution in [0.2, 0.25) is 0 Å². The molecule has 0 fully saturated rings. The van der Waals surface area contributed by atoms with Gasteiger partial charge in [0.25, 0.3) is 0 Å². The molecular weight excluding hydrogens is 359 g/mol. The Balaban J connectivity index is 1.90. The number of anilines is 1. The van der Waals surface area contributed by atoms with Crippen molar-refractivity contribution in [3.63, 3.8) is 0 Å². The Morgan fingerprint density at radius 2 is 1.85 bits per heavy atom. The Hall–Kier alpha value is -2.96. The van der Waals surface area contributed by atoms with Crippen molar-refractivity contribution in [1.29, 1.82) is 0 Å². The number of ether oxygens (including phenoxy) is 2. The first kappa shape index (κ1) is 20.4. The van der Waals surface area contributed by atoms with Crippen LogP contribution >= 0.6 is 0 Å². The quantitative estimate of drug-likeness (QED) is 0.351. The normalized spacial score (nSPS) is 11.4. The van der Waals surface area contributed by atoms with E-state index in [-0.39, 0.29) is 11.5 Å². The molecule has 0 heterocycles. The molecule has 0 aromatic heterocycles. The number of hydrogen-bond acceptors (Lipinski definition) is 4. The van der Waals surface area contributed by atoms with Crippen LogP contribution in [0.25, 0.3) is 0 Å². The molecule has 0 amide bonds. The highest BCUT2D eigenvalue weighted by Gasteiger charge is 2.31. The molecule has 0 saturated carbocycles. The lowest BCUT2D eigenvalue weighted by atomic mass is 10.1. The molecule has 2 aromatic carbocycles. The van der Waals surface area contributed by atoms with Crippen molar-refractivity contribution in [3.05, 3.63) is 66.4 Å². The number of rotatable bonds is 9. The van der Waals surface area contributed by atoms with Crippen LogP contribution in [0.3, 0.4) is 0 Å². The molecule has 2 rings (SSSR count). The Morgan fingerprint density at radius 3 is 2.52 bits per heavy atom. The van der Waals surface area contributed by atoms with Crippen molar-refractivity contribution < 1.29 is 27.4 Å². The molecule has 0 aliphatic carbocycles. The average Bonchev–Trinajstić information content (AvgIpc) is 2.61. The fourth-order valence-electron chi connectivity index (χ4n) is 2.14. The number of ketones is 1. The third-order valence-corrected chi connectivity index (χ3v) is 3.46. The van der Waals surface area contributed by atoms with Gasteiger partial charge in [-0.3, -0.25) is 4.79 Å². The van der Waals surface area contributed by atoms with Gasteiger partial charge in [-0.25, -0.2) is 0 Å². The summed E-state index contributed by atoms with van der Waals surface area (Å²) in [4.78, 5) is 12.1. The molecule has 0 atom stereocenters. The predicted molar refractivity (Wildman–Crippen MR) is 97.1 cm³/mol. The molecular formula is C20H20F3NO3. The second-order valence-corrected chi connectivity index (χ2v) is 5.64. The molecule has 0 unspecified atom stereocenters. The zero-order valence-electron chi connectivity index (χ0n) is 14.8. The molecule has 2 aromatic rings. The average molecular weight is 379 g/mol. The molecule has 7 heteroatoms. The van der Waals surface area contributed by atoms with Gasteiger partial charge >= 0.3 is 6.36 Å². The third kappa shape index (κ3) is 7.43. The van der Waals surface area contributed by atoms with E-state index >= 15 is 0 Å². The lowest BCUT2D eigenvalue weighted by molar-refractivity contribution is -0.274. The van der Waals surface area contributed by atoms with E-state index in [0.717, 1.165) is 12.8 Å². The van der Waals surface area contributed by atoms with E-state index in [0.29, 0.717) is 23.6 Å². The van der Waals surface area contributed by atoms with E-state index in [1.54, 1.807) is 30.3 Å². The van der Waals surface area contributed by atoms with Gasteiger partial charge in [-0.1, -0.05) is 19.4 Å². The number of nitrogens with one attached hydrogen (secondary N) is 1. The van der Waals surface area contributed by atoms with Gasteiger partial charge in [0.15, 0.2) is 5.78 Å². The molecule has 4 nitrogen and oxygen atoms in total. The van der Waals surface area contributed by atoms with Crippen molar-refractivity contribution in [2.24, 2.45) is 0 Å². The molecule has 27 heavy (non-hydrogen) atoms. The molecule has 0 bridgehead atoms. The van der Waals surface area contributed by atoms with Crippen LogP contribution in [0.4, 0.5) is 18.9 Å². The third-order valence-electron chi connectivity index (χ3n) is 3.46. The van der Waals surface area contributed by atoms with Crippen LogP contribution in [-0.4, -0.2) is 18.8 Å². The second-order valence-electron chi connectivity index (χ2n) is 5.64. The molecule has 0 saturated heterocycles. The first-order valence-corrected chi connectivity index (χ1v) is 8.43. The highest BCUT2D eigenvalue weighted by Crippen LogP contribution is 2.25. The standard InChI is InChI=1S/C20H20F3NO3/c1-2-3-13-26-17-9-7-15(8-10-17)19(25)11-12-24-16-5-4-6-18(14-16)27-20(21,22)23/h4-12,14,24H,2-3,13H2,1H3. The SMILES string of the molecule is CCCCOc1ccc(C(=O)C=CNc2cccc(OC(F)(F)F)c2)cc1. The van der Waals surface area contributed by atoms with Gasteiger partial charge in [-0.15, -0.1) is 13.2 Å². The van der Waals surface area contributed by atoms with Crippen LogP contribution < -0.4 is 14.8 Å². The molecule has 1 N–H and O–H groups in total. The van der Waals surface area contributed by atoms with E-state index in [1.807, 2.05) is 0 Å². The molecule has 0 aliphatic heterocycles. The van der Waals surface area contributed by atoms with Crippen molar-refractivity contribution in [1.82, 2.24) is 0 Å². The molecule has 0 radical (unpaired) electrons. The van der Waals surface area contributed by atoms with E-state index in [1.165, 1.54) is 30.5 Å². The fourth-order valence-corrected chi connectivity index (χ4v) is 2.14. The maximum absolute atomic E-state index is 12.2. The summed E-state index contributed by atoms with van der Waals surface area (Å²) in [6.45, 7) is 2.70. The van der Waals surface area contributed by atoms with Gasteiger partial charge in [0.1, 0.15) is 11.5 Å². The van der Waals surface area contributed by atoms with E-state index < -0.39 is 6.36 Å². The van der Waals surface area contributed by atoms with Gasteiger partial charge in [0.05, 0.1) is 6.61 Å². The minimum Gasteiger partial charge on any atom is -0.494 e.